The molecule has 168 valence electrons. The Kier molecular flexibility index (Phi) is 7.80. The van der Waals surface area contributed by atoms with E-state index >= 15 is 0 Å². The average molecular weight is 466 g/mol. The fourth-order valence-electron chi connectivity index (χ4n) is 3.40. The standard InChI is InChI=1S/C22H28ClN3O4S/c1-17(2)30-19-9-7-18(8-10-19)22(27)24-11-16-31(28,29)26-14-12-25(13-15-26)21-6-4-3-5-20(21)23/h3-10,17H,11-16H2,1-2H3,(H,24,27). The van der Waals surface area contributed by atoms with Crippen molar-refractivity contribution in [2.45, 2.75) is 20.0 Å². The van der Waals surface area contributed by atoms with Gasteiger partial charge in [-0.15, -0.1) is 0 Å². The predicted octanol–water partition coefficient (Wildman–Crippen LogP) is 3.01. The Morgan fingerprint density at radius 1 is 1.06 bits per heavy atom. The molecule has 0 aliphatic carbocycles. The summed E-state index contributed by atoms with van der Waals surface area (Å²) in [5.41, 5.74) is 1.38. The van der Waals surface area contributed by atoms with Gasteiger partial charge < -0.3 is 15.0 Å². The second-order valence-electron chi connectivity index (χ2n) is 7.60. The van der Waals surface area contributed by atoms with E-state index in [-0.39, 0.29) is 24.3 Å². The number of carbonyl (C=O) groups excluding carboxylic acids is 1. The van der Waals surface area contributed by atoms with Gasteiger partial charge in [0.05, 0.1) is 22.6 Å². The first-order chi connectivity index (χ1) is 14.8. The molecule has 0 atom stereocenters. The van der Waals surface area contributed by atoms with Gasteiger partial charge in [-0.1, -0.05) is 23.7 Å². The zero-order valence-electron chi connectivity index (χ0n) is 17.8. The maximum atomic E-state index is 12.7. The van der Waals surface area contributed by atoms with Crippen LogP contribution < -0.4 is 15.0 Å². The molecular weight excluding hydrogens is 438 g/mol. The molecule has 1 aliphatic heterocycles. The van der Waals surface area contributed by atoms with Crippen molar-refractivity contribution in [1.29, 1.82) is 0 Å². The Labute approximate surface area is 189 Å². The molecule has 2 aromatic carbocycles. The first-order valence-corrected chi connectivity index (χ1v) is 12.3. The highest BCUT2D eigenvalue weighted by atomic mass is 35.5. The molecular formula is C22H28ClN3O4S. The van der Waals surface area contributed by atoms with Gasteiger partial charge in [0, 0.05) is 38.3 Å². The number of rotatable bonds is 8. The molecule has 1 fully saturated rings. The Morgan fingerprint density at radius 2 is 1.71 bits per heavy atom. The molecule has 9 heteroatoms. The molecule has 31 heavy (non-hydrogen) atoms. The Bertz CT molecular complexity index is 988. The molecule has 1 saturated heterocycles. The van der Waals surface area contributed by atoms with Crippen molar-refractivity contribution in [3.8, 4) is 5.75 Å². The van der Waals surface area contributed by atoms with Gasteiger partial charge in [-0.25, -0.2) is 8.42 Å². The smallest absolute Gasteiger partial charge is 0.251 e. The van der Waals surface area contributed by atoms with Gasteiger partial charge in [-0.3, -0.25) is 4.79 Å². The van der Waals surface area contributed by atoms with E-state index in [9.17, 15) is 13.2 Å². The summed E-state index contributed by atoms with van der Waals surface area (Å²) in [6, 6.07) is 14.3. The molecule has 0 saturated carbocycles. The fourth-order valence-corrected chi connectivity index (χ4v) is 4.99. The summed E-state index contributed by atoms with van der Waals surface area (Å²) < 4.78 is 32.4. The molecule has 1 heterocycles. The highest BCUT2D eigenvalue weighted by Crippen LogP contribution is 2.26. The van der Waals surface area contributed by atoms with E-state index in [1.54, 1.807) is 24.3 Å². The summed E-state index contributed by atoms with van der Waals surface area (Å²) in [6.45, 7) is 5.82. The van der Waals surface area contributed by atoms with Crippen LogP contribution in [0.5, 0.6) is 5.75 Å². The van der Waals surface area contributed by atoms with Crippen molar-refractivity contribution in [1.82, 2.24) is 9.62 Å². The van der Waals surface area contributed by atoms with Gasteiger partial charge in [0.15, 0.2) is 0 Å². The van der Waals surface area contributed by atoms with Crippen molar-refractivity contribution in [3.63, 3.8) is 0 Å². The lowest BCUT2D eigenvalue weighted by Gasteiger charge is -2.35. The first-order valence-electron chi connectivity index (χ1n) is 10.3. The maximum absolute atomic E-state index is 12.7. The molecule has 2 aromatic rings. The molecule has 7 nitrogen and oxygen atoms in total. The quantitative estimate of drug-likeness (QED) is 0.648. The van der Waals surface area contributed by atoms with Gasteiger partial charge >= 0.3 is 0 Å². The first kappa shape index (κ1) is 23.4. The van der Waals surface area contributed by atoms with E-state index < -0.39 is 10.0 Å². The summed E-state index contributed by atoms with van der Waals surface area (Å²) >= 11 is 6.24. The third kappa shape index (κ3) is 6.35. The Hall–Kier alpha value is -2.29. The molecule has 3 rings (SSSR count). The van der Waals surface area contributed by atoms with E-state index in [1.807, 2.05) is 38.1 Å². The van der Waals surface area contributed by atoms with E-state index in [2.05, 4.69) is 10.2 Å². The van der Waals surface area contributed by atoms with Crippen LogP contribution in [0.15, 0.2) is 48.5 Å². The molecule has 1 amide bonds. The van der Waals surface area contributed by atoms with Crippen LogP contribution in [0.3, 0.4) is 0 Å². The molecule has 0 unspecified atom stereocenters. The number of piperazine rings is 1. The summed E-state index contributed by atoms with van der Waals surface area (Å²) in [7, 11) is -3.46. The molecule has 0 aromatic heterocycles. The van der Waals surface area contributed by atoms with Crippen LogP contribution in [0.2, 0.25) is 5.02 Å². The van der Waals surface area contributed by atoms with Crippen LogP contribution in [-0.2, 0) is 10.0 Å². The number of amides is 1. The summed E-state index contributed by atoms with van der Waals surface area (Å²) in [6.07, 6.45) is 0.0522. The summed E-state index contributed by atoms with van der Waals surface area (Å²) in [4.78, 5) is 14.4. The van der Waals surface area contributed by atoms with Crippen LogP contribution in [0.25, 0.3) is 0 Å². The second kappa shape index (κ2) is 10.3. The zero-order chi connectivity index (χ0) is 22.4. The van der Waals surface area contributed by atoms with Gasteiger partial charge in [-0.2, -0.15) is 4.31 Å². The normalized spacial score (nSPS) is 15.2. The number of hydrogen-bond donors (Lipinski definition) is 1. The highest BCUT2D eigenvalue weighted by Gasteiger charge is 2.27. The number of sulfonamides is 1. The third-order valence-electron chi connectivity index (χ3n) is 4.96. The lowest BCUT2D eigenvalue weighted by molar-refractivity contribution is 0.0956. The van der Waals surface area contributed by atoms with E-state index in [4.69, 9.17) is 16.3 Å². The highest BCUT2D eigenvalue weighted by molar-refractivity contribution is 7.89. The fraction of sp³-hybridized carbons (Fsp3) is 0.409. The Balaban J connectivity index is 1.47. The monoisotopic (exact) mass is 465 g/mol. The number of para-hydroxylation sites is 1. The largest absolute Gasteiger partial charge is 0.491 e. The van der Waals surface area contributed by atoms with Gasteiger partial charge in [0.25, 0.3) is 5.91 Å². The molecule has 0 radical (unpaired) electrons. The zero-order valence-corrected chi connectivity index (χ0v) is 19.3. The number of halogens is 1. The lowest BCUT2D eigenvalue weighted by atomic mass is 10.2. The van der Waals surface area contributed by atoms with Crippen molar-refractivity contribution in [3.05, 3.63) is 59.1 Å². The third-order valence-corrected chi connectivity index (χ3v) is 7.15. The number of ether oxygens (including phenoxy) is 1. The number of nitrogens with one attached hydrogen (secondary N) is 1. The summed E-state index contributed by atoms with van der Waals surface area (Å²) in [5.74, 6) is 0.235. The van der Waals surface area contributed by atoms with Gasteiger partial charge in [-0.05, 0) is 50.2 Å². The van der Waals surface area contributed by atoms with Crippen LogP contribution in [-0.4, -0.2) is 63.2 Å². The number of hydrogen-bond acceptors (Lipinski definition) is 5. The van der Waals surface area contributed by atoms with Crippen LogP contribution in [0, 0.1) is 0 Å². The van der Waals surface area contributed by atoms with Crippen LogP contribution in [0.1, 0.15) is 24.2 Å². The van der Waals surface area contributed by atoms with Gasteiger partial charge in [0.1, 0.15) is 5.75 Å². The van der Waals surface area contributed by atoms with Gasteiger partial charge in [0.2, 0.25) is 10.0 Å². The minimum atomic E-state index is -3.46. The number of anilines is 1. The number of carbonyl (C=O) groups is 1. The molecule has 1 N–H and O–H groups in total. The van der Waals surface area contributed by atoms with Crippen molar-refractivity contribution >= 4 is 33.2 Å². The van der Waals surface area contributed by atoms with E-state index in [0.29, 0.717) is 42.5 Å². The molecule has 1 aliphatic rings. The number of nitrogens with zero attached hydrogens (tertiary/aromatic N) is 2. The summed E-state index contributed by atoms with van der Waals surface area (Å²) in [5, 5.41) is 3.34. The number of benzene rings is 2. The van der Waals surface area contributed by atoms with Crippen LogP contribution >= 0.6 is 11.6 Å². The van der Waals surface area contributed by atoms with Crippen molar-refractivity contribution in [2.24, 2.45) is 0 Å². The Morgan fingerprint density at radius 3 is 2.32 bits per heavy atom. The minimum Gasteiger partial charge on any atom is -0.491 e. The SMILES string of the molecule is CC(C)Oc1ccc(C(=O)NCCS(=O)(=O)N2CCN(c3ccccc3Cl)CC2)cc1. The van der Waals surface area contributed by atoms with E-state index in [1.165, 1.54) is 4.31 Å². The topological polar surface area (TPSA) is 78.9 Å². The predicted molar refractivity (Wildman–Crippen MR) is 124 cm³/mol. The lowest BCUT2D eigenvalue weighted by Crippen LogP contribution is -2.50. The van der Waals surface area contributed by atoms with Crippen molar-refractivity contribution < 1.29 is 17.9 Å². The molecule has 0 spiro atoms. The maximum Gasteiger partial charge on any atom is 0.251 e. The molecule has 0 bridgehead atoms. The van der Waals surface area contributed by atoms with E-state index in [0.717, 1.165) is 5.69 Å². The van der Waals surface area contributed by atoms with Crippen molar-refractivity contribution in [2.75, 3.05) is 43.4 Å². The second-order valence-corrected chi connectivity index (χ2v) is 10.1. The minimum absolute atomic E-state index is 0.0517. The average Bonchev–Trinajstić information content (AvgIpc) is 2.74. The van der Waals surface area contributed by atoms with Crippen LogP contribution in [0.4, 0.5) is 5.69 Å².